The van der Waals surface area contributed by atoms with E-state index in [0.717, 1.165) is 29.0 Å². The minimum absolute atomic E-state index is 0.0339. The molecule has 0 unspecified atom stereocenters. The summed E-state index contributed by atoms with van der Waals surface area (Å²) < 4.78 is 5.38. The van der Waals surface area contributed by atoms with Crippen molar-refractivity contribution < 1.29 is 14.5 Å². The summed E-state index contributed by atoms with van der Waals surface area (Å²) in [6.45, 7) is 6.14. The lowest BCUT2D eigenvalue weighted by molar-refractivity contribution is -0.384. The van der Waals surface area contributed by atoms with Crippen LogP contribution in [0.4, 0.5) is 5.69 Å². The monoisotopic (exact) mass is 366 g/mol. The fourth-order valence-electron chi connectivity index (χ4n) is 3.45. The highest BCUT2D eigenvalue weighted by Gasteiger charge is 2.29. The Morgan fingerprint density at radius 3 is 2.52 bits per heavy atom. The SMILES string of the molecule is COc1cc(C)c2c(c1)C(CC(=O)c1ccc([N+](=O)[O-])cc1)=NC(C)(C)C2. The average molecular weight is 366 g/mol. The van der Waals surface area contributed by atoms with Crippen LogP contribution in [0.2, 0.25) is 0 Å². The third-order valence-electron chi connectivity index (χ3n) is 4.77. The van der Waals surface area contributed by atoms with Crippen LogP contribution in [0.25, 0.3) is 0 Å². The van der Waals surface area contributed by atoms with Crippen LogP contribution in [0.3, 0.4) is 0 Å². The molecule has 0 bridgehead atoms. The van der Waals surface area contributed by atoms with E-state index in [-0.39, 0.29) is 23.4 Å². The van der Waals surface area contributed by atoms with E-state index in [2.05, 4.69) is 13.8 Å². The number of hydrogen-bond acceptors (Lipinski definition) is 5. The van der Waals surface area contributed by atoms with E-state index >= 15 is 0 Å². The predicted molar refractivity (Wildman–Crippen MR) is 104 cm³/mol. The van der Waals surface area contributed by atoms with Gasteiger partial charge in [-0.25, -0.2) is 0 Å². The van der Waals surface area contributed by atoms with E-state index in [4.69, 9.17) is 9.73 Å². The van der Waals surface area contributed by atoms with Crippen molar-refractivity contribution in [2.45, 2.75) is 39.2 Å². The molecule has 3 rings (SSSR count). The Labute approximate surface area is 158 Å². The van der Waals surface area contributed by atoms with E-state index < -0.39 is 4.92 Å². The van der Waals surface area contributed by atoms with E-state index in [9.17, 15) is 14.9 Å². The summed E-state index contributed by atoms with van der Waals surface area (Å²) in [7, 11) is 1.62. The van der Waals surface area contributed by atoms with Crippen molar-refractivity contribution in [3.8, 4) is 5.75 Å². The van der Waals surface area contributed by atoms with Crippen molar-refractivity contribution in [1.29, 1.82) is 0 Å². The van der Waals surface area contributed by atoms with Crippen LogP contribution in [-0.2, 0) is 6.42 Å². The zero-order chi connectivity index (χ0) is 19.8. The molecule has 0 atom stereocenters. The maximum atomic E-state index is 12.8. The summed E-state index contributed by atoms with van der Waals surface area (Å²) >= 11 is 0. The van der Waals surface area contributed by atoms with Crippen molar-refractivity contribution in [3.63, 3.8) is 0 Å². The summed E-state index contributed by atoms with van der Waals surface area (Å²) in [4.78, 5) is 27.9. The van der Waals surface area contributed by atoms with Gasteiger partial charge in [-0.3, -0.25) is 19.9 Å². The van der Waals surface area contributed by atoms with Crippen LogP contribution in [0.15, 0.2) is 41.4 Å². The molecule has 1 aliphatic heterocycles. The number of benzene rings is 2. The smallest absolute Gasteiger partial charge is 0.269 e. The molecule has 0 aliphatic carbocycles. The van der Waals surface area contributed by atoms with E-state index in [1.54, 1.807) is 7.11 Å². The molecule has 27 heavy (non-hydrogen) atoms. The number of carbonyl (C=O) groups is 1. The summed E-state index contributed by atoms with van der Waals surface area (Å²) in [6, 6.07) is 9.61. The largest absolute Gasteiger partial charge is 0.497 e. The van der Waals surface area contributed by atoms with Crippen LogP contribution in [-0.4, -0.2) is 29.1 Å². The molecule has 0 spiro atoms. The topological polar surface area (TPSA) is 81.8 Å². The molecule has 1 heterocycles. The van der Waals surface area contributed by atoms with Gasteiger partial charge in [0.15, 0.2) is 5.78 Å². The fraction of sp³-hybridized carbons (Fsp3) is 0.333. The summed E-state index contributed by atoms with van der Waals surface area (Å²) in [5, 5.41) is 10.8. The molecule has 1 aliphatic rings. The molecular weight excluding hydrogens is 344 g/mol. The van der Waals surface area contributed by atoms with Gasteiger partial charge in [0.1, 0.15) is 5.75 Å². The van der Waals surface area contributed by atoms with E-state index in [1.807, 2.05) is 19.1 Å². The lowest BCUT2D eigenvalue weighted by Gasteiger charge is -2.30. The van der Waals surface area contributed by atoms with Crippen molar-refractivity contribution in [2.75, 3.05) is 7.11 Å². The molecule has 0 saturated heterocycles. The highest BCUT2D eigenvalue weighted by molar-refractivity contribution is 6.17. The molecule has 140 valence electrons. The van der Waals surface area contributed by atoms with Gasteiger partial charge in [-0.1, -0.05) is 0 Å². The number of hydrogen-bond donors (Lipinski definition) is 0. The van der Waals surface area contributed by atoms with Crippen LogP contribution >= 0.6 is 0 Å². The number of fused-ring (bicyclic) bond motifs is 1. The van der Waals surface area contributed by atoms with Gasteiger partial charge in [-0.2, -0.15) is 0 Å². The molecular formula is C21H22N2O4. The van der Waals surface area contributed by atoms with Gasteiger partial charge in [-0.05, 0) is 62.6 Å². The quantitative estimate of drug-likeness (QED) is 0.448. The minimum Gasteiger partial charge on any atom is -0.497 e. The van der Waals surface area contributed by atoms with Crippen molar-refractivity contribution in [3.05, 3.63) is 68.8 Å². The number of methoxy groups -OCH3 is 1. The van der Waals surface area contributed by atoms with Crippen LogP contribution < -0.4 is 4.74 Å². The summed E-state index contributed by atoms with van der Waals surface area (Å²) in [5.41, 5.74) is 4.08. The van der Waals surface area contributed by atoms with Crippen molar-refractivity contribution in [1.82, 2.24) is 0 Å². The summed E-state index contributed by atoms with van der Waals surface area (Å²) in [5.74, 6) is 0.620. The molecule has 2 aromatic rings. The van der Waals surface area contributed by atoms with Crippen LogP contribution in [0.5, 0.6) is 5.75 Å². The third kappa shape index (κ3) is 3.89. The zero-order valence-electron chi connectivity index (χ0n) is 15.9. The van der Waals surface area contributed by atoms with Crippen LogP contribution in [0.1, 0.15) is 47.3 Å². The number of aliphatic imine (C=N–C) groups is 1. The number of nitro groups is 1. The van der Waals surface area contributed by atoms with Crippen molar-refractivity contribution in [2.24, 2.45) is 4.99 Å². The Morgan fingerprint density at radius 1 is 1.26 bits per heavy atom. The first-order valence-electron chi connectivity index (χ1n) is 8.74. The molecule has 0 radical (unpaired) electrons. The lowest BCUT2D eigenvalue weighted by atomic mass is 9.83. The first-order chi connectivity index (χ1) is 12.7. The zero-order valence-corrected chi connectivity index (χ0v) is 15.9. The second-order valence-corrected chi connectivity index (χ2v) is 7.42. The fourth-order valence-corrected chi connectivity index (χ4v) is 3.45. The molecule has 6 nitrogen and oxygen atoms in total. The van der Waals surface area contributed by atoms with Crippen molar-refractivity contribution >= 4 is 17.2 Å². The molecule has 2 aromatic carbocycles. The van der Waals surface area contributed by atoms with Gasteiger partial charge in [0.05, 0.1) is 29.7 Å². The van der Waals surface area contributed by atoms with Gasteiger partial charge >= 0.3 is 0 Å². The number of rotatable bonds is 5. The maximum Gasteiger partial charge on any atom is 0.269 e. The molecule has 0 aromatic heterocycles. The number of Topliss-reactive ketones (excluding diaryl/α,β-unsaturated/α-hetero) is 1. The average Bonchev–Trinajstić information content (AvgIpc) is 2.61. The molecule has 6 heteroatoms. The van der Waals surface area contributed by atoms with E-state index in [0.29, 0.717) is 5.56 Å². The number of carbonyl (C=O) groups excluding carboxylic acids is 1. The highest BCUT2D eigenvalue weighted by Crippen LogP contribution is 2.33. The van der Waals surface area contributed by atoms with Gasteiger partial charge in [0.25, 0.3) is 5.69 Å². The molecule has 0 amide bonds. The normalized spacial score (nSPS) is 14.9. The van der Waals surface area contributed by atoms with Crippen LogP contribution in [0, 0.1) is 17.0 Å². The summed E-state index contributed by atoms with van der Waals surface area (Å²) in [6.07, 6.45) is 0.939. The molecule has 0 fully saturated rings. The Kier molecular flexibility index (Phi) is 4.83. The number of non-ortho nitro benzene ring substituents is 1. The van der Waals surface area contributed by atoms with Gasteiger partial charge in [-0.15, -0.1) is 0 Å². The Morgan fingerprint density at radius 2 is 1.93 bits per heavy atom. The molecule has 0 N–H and O–H groups in total. The number of aryl methyl sites for hydroxylation is 1. The number of ketones is 1. The second kappa shape index (κ2) is 6.95. The number of nitrogens with zero attached hydrogens (tertiary/aromatic N) is 2. The minimum atomic E-state index is -0.479. The van der Waals surface area contributed by atoms with Gasteiger partial charge < -0.3 is 4.74 Å². The predicted octanol–water partition coefficient (Wildman–Crippen LogP) is 4.31. The standard InChI is InChI=1S/C21H22N2O4/c1-13-9-16(27-4)10-17-18(13)12-21(2,3)22-19(17)11-20(24)14-5-7-15(8-6-14)23(25)26/h5-10H,11-12H2,1-4H3. The Bertz CT molecular complexity index is 943. The molecule has 0 saturated carbocycles. The Balaban J connectivity index is 1.96. The van der Waals surface area contributed by atoms with Gasteiger partial charge in [0.2, 0.25) is 0 Å². The second-order valence-electron chi connectivity index (χ2n) is 7.42. The third-order valence-corrected chi connectivity index (χ3v) is 4.77. The number of ether oxygens (including phenoxy) is 1. The Hall–Kier alpha value is -3.02. The maximum absolute atomic E-state index is 12.8. The first kappa shape index (κ1) is 18.8. The first-order valence-corrected chi connectivity index (χ1v) is 8.74. The van der Waals surface area contributed by atoms with E-state index in [1.165, 1.54) is 29.8 Å². The van der Waals surface area contributed by atoms with Gasteiger partial charge in [0, 0.05) is 23.3 Å². The number of nitro benzene ring substituents is 1. The highest BCUT2D eigenvalue weighted by atomic mass is 16.6. The lowest BCUT2D eigenvalue weighted by Crippen LogP contribution is -2.30.